The molecule has 0 saturated heterocycles. The van der Waals surface area contributed by atoms with Gasteiger partial charge in [-0.2, -0.15) is 23.5 Å². The van der Waals surface area contributed by atoms with Crippen LogP contribution in [0.3, 0.4) is 0 Å². The summed E-state index contributed by atoms with van der Waals surface area (Å²) in [7, 11) is 1.22. The highest BCUT2D eigenvalue weighted by Crippen LogP contribution is 2.24. The third kappa shape index (κ3) is 23.0. The summed E-state index contributed by atoms with van der Waals surface area (Å²) in [5.41, 5.74) is 11.0. The fourth-order valence-corrected chi connectivity index (χ4v) is 6.20. The predicted molar refractivity (Wildman–Crippen MR) is 208 cm³/mol. The lowest BCUT2D eigenvalue weighted by Crippen LogP contribution is -2.59. The summed E-state index contributed by atoms with van der Waals surface area (Å²) < 4.78 is 4.64. The molecule has 0 aromatic carbocycles. The van der Waals surface area contributed by atoms with Crippen molar-refractivity contribution in [2.45, 2.75) is 123 Å². The SMILES string of the molecule is COC(=O)[C@H](CSC/C=C(\C)CC/C=C(\C)CC/C=C(\C)CCC=C(C)C)NC(=O)[C@H](CO)NC(=O)[C@H](CSC(C)(C)C)NC(=O)[C@@H](N)CO. The molecule has 11 nitrogen and oxygen atoms in total. The lowest BCUT2D eigenvalue weighted by Gasteiger charge is -2.26. The van der Waals surface area contributed by atoms with E-state index < -0.39 is 61.1 Å². The van der Waals surface area contributed by atoms with E-state index in [0.29, 0.717) is 5.75 Å². The maximum Gasteiger partial charge on any atom is 0.329 e. The zero-order chi connectivity index (χ0) is 38.3. The molecule has 3 amide bonds. The summed E-state index contributed by atoms with van der Waals surface area (Å²) in [6, 6.07) is -4.73. The first-order valence-electron chi connectivity index (χ1n) is 17.2. The summed E-state index contributed by atoms with van der Waals surface area (Å²) in [6.07, 6.45) is 15.2. The van der Waals surface area contributed by atoms with E-state index in [1.165, 1.54) is 52.9 Å². The van der Waals surface area contributed by atoms with Crippen molar-refractivity contribution < 1.29 is 34.1 Å². The molecule has 0 unspecified atom stereocenters. The van der Waals surface area contributed by atoms with Crippen LogP contribution in [0.1, 0.15) is 93.9 Å². The lowest BCUT2D eigenvalue weighted by molar-refractivity contribution is -0.144. The molecule has 7 N–H and O–H groups in total. The third-order valence-electron chi connectivity index (χ3n) is 7.46. The number of ether oxygens (including phenoxy) is 1. The Morgan fingerprint density at radius 3 is 1.66 bits per heavy atom. The van der Waals surface area contributed by atoms with Crippen LogP contribution in [0.4, 0.5) is 0 Å². The highest BCUT2D eigenvalue weighted by atomic mass is 32.2. The molecule has 0 radical (unpaired) electrons. The van der Waals surface area contributed by atoms with E-state index in [1.807, 2.05) is 20.8 Å². The van der Waals surface area contributed by atoms with Crippen LogP contribution in [0, 0.1) is 0 Å². The van der Waals surface area contributed by atoms with Crippen molar-refractivity contribution in [2.24, 2.45) is 5.73 Å². The number of hydrogen-bond donors (Lipinski definition) is 6. The van der Waals surface area contributed by atoms with Crippen LogP contribution in [0.2, 0.25) is 0 Å². The Bertz CT molecular complexity index is 1190. The molecule has 0 aliphatic carbocycles. The molecule has 0 aromatic rings. The summed E-state index contributed by atoms with van der Waals surface area (Å²) in [6.45, 7) is 15.2. The summed E-state index contributed by atoms with van der Waals surface area (Å²) in [5, 5.41) is 26.7. The summed E-state index contributed by atoms with van der Waals surface area (Å²) in [4.78, 5) is 51.0. The van der Waals surface area contributed by atoms with Gasteiger partial charge in [0, 0.05) is 22.0 Å². The highest BCUT2D eigenvalue weighted by molar-refractivity contribution is 8.00. The monoisotopic (exact) mass is 740 g/mol. The van der Waals surface area contributed by atoms with Gasteiger partial charge in [-0.3, -0.25) is 14.4 Å². The smallest absolute Gasteiger partial charge is 0.329 e. The number of rotatable bonds is 24. The van der Waals surface area contributed by atoms with Crippen LogP contribution >= 0.6 is 23.5 Å². The Kier molecular flexibility index (Phi) is 24.9. The number of hydrogen-bond acceptors (Lipinski definition) is 10. The Labute approximate surface area is 309 Å². The molecule has 4 atom stereocenters. The van der Waals surface area contributed by atoms with Crippen molar-refractivity contribution in [1.82, 2.24) is 16.0 Å². The van der Waals surface area contributed by atoms with Crippen LogP contribution in [-0.2, 0) is 23.9 Å². The molecule has 50 heavy (non-hydrogen) atoms. The van der Waals surface area contributed by atoms with E-state index in [0.717, 1.165) is 38.5 Å². The molecule has 0 bridgehead atoms. The van der Waals surface area contributed by atoms with Crippen LogP contribution in [-0.4, -0.2) is 100 Å². The van der Waals surface area contributed by atoms with Gasteiger partial charge in [0.05, 0.1) is 20.3 Å². The molecule has 0 spiro atoms. The van der Waals surface area contributed by atoms with Gasteiger partial charge < -0.3 is 36.6 Å². The molecule has 0 heterocycles. The van der Waals surface area contributed by atoms with E-state index >= 15 is 0 Å². The second-order valence-electron chi connectivity index (χ2n) is 13.7. The number of aliphatic hydroxyl groups excluding tert-OH is 2. The zero-order valence-corrected chi connectivity index (χ0v) is 33.4. The van der Waals surface area contributed by atoms with Gasteiger partial charge in [0.15, 0.2) is 0 Å². The second kappa shape index (κ2) is 26.2. The van der Waals surface area contributed by atoms with Gasteiger partial charge in [-0.15, -0.1) is 0 Å². The Balaban J connectivity index is 5.07. The van der Waals surface area contributed by atoms with E-state index in [4.69, 9.17) is 10.5 Å². The fourth-order valence-electron chi connectivity index (χ4n) is 4.30. The summed E-state index contributed by atoms with van der Waals surface area (Å²) in [5.74, 6) is -1.89. The predicted octanol–water partition coefficient (Wildman–Crippen LogP) is 4.34. The zero-order valence-electron chi connectivity index (χ0n) is 31.7. The number of thioether (sulfide) groups is 2. The molecular weight excluding hydrogens is 677 g/mol. The van der Waals surface area contributed by atoms with Gasteiger partial charge in [0.2, 0.25) is 17.7 Å². The van der Waals surface area contributed by atoms with Crippen LogP contribution < -0.4 is 21.7 Å². The minimum atomic E-state index is -1.39. The first-order valence-corrected chi connectivity index (χ1v) is 19.4. The minimum absolute atomic E-state index is 0.151. The van der Waals surface area contributed by atoms with Crippen molar-refractivity contribution in [1.29, 1.82) is 0 Å². The van der Waals surface area contributed by atoms with Gasteiger partial charge in [-0.05, 0) is 73.1 Å². The fraction of sp³-hybridized carbons (Fsp3) is 0.676. The quantitative estimate of drug-likeness (QED) is 0.0474. The van der Waals surface area contributed by atoms with Crippen molar-refractivity contribution in [3.63, 3.8) is 0 Å². The van der Waals surface area contributed by atoms with Gasteiger partial charge in [-0.1, -0.05) is 67.4 Å². The maximum atomic E-state index is 13.1. The average molecular weight is 741 g/mol. The molecule has 13 heteroatoms. The van der Waals surface area contributed by atoms with E-state index in [1.54, 1.807) is 0 Å². The largest absolute Gasteiger partial charge is 0.467 e. The number of amides is 3. The number of esters is 1. The molecule has 0 saturated carbocycles. The van der Waals surface area contributed by atoms with Crippen molar-refractivity contribution in [3.8, 4) is 0 Å². The number of nitrogens with two attached hydrogens (primary N) is 1. The Hall–Kier alpha value is -2.58. The van der Waals surface area contributed by atoms with Crippen LogP contribution in [0.15, 0.2) is 46.6 Å². The molecule has 0 aromatic heterocycles. The van der Waals surface area contributed by atoms with Crippen molar-refractivity contribution in [2.75, 3.05) is 37.6 Å². The molecule has 286 valence electrons. The second-order valence-corrected chi connectivity index (χ2v) is 16.6. The molecule has 0 aliphatic rings. The Morgan fingerprint density at radius 2 is 1.18 bits per heavy atom. The first kappa shape index (κ1) is 47.4. The highest BCUT2D eigenvalue weighted by Gasteiger charge is 2.31. The number of methoxy groups -OCH3 is 1. The van der Waals surface area contributed by atoms with Crippen LogP contribution in [0.5, 0.6) is 0 Å². The summed E-state index contributed by atoms with van der Waals surface area (Å²) >= 11 is 2.84. The number of carbonyl (C=O) groups excluding carboxylic acids is 4. The molecule has 0 rings (SSSR count). The van der Waals surface area contributed by atoms with Crippen LogP contribution in [0.25, 0.3) is 0 Å². The van der Waals surface area contributed by atoms with Gasteiger partial charge >= 0.3 is 5.97 Å². The van der Waals surface area contributed by atoms with Gasteiger partial charge in [0.1, 0.15) is 24.2 Å². The van der Waals surface area contributed by atoms with E-state index in [-0.39, 0.29) is 16.3 Å². The molecule has 0 aliphatic heterocycles. The minimum Gasteiger partial charge on any atom is -0.467 e. The number of carbonyl (C=O) groups is 4. The van der Waals surface area contributed by atoms with Gasteiger partial charge in [-0.25, -0.2) is 4.79 Å². The van der Waals surface area contributed by atoms with Gasteiger partial charge in [0.25, 0.3) is 0 Å². The van der Waals surface area contributed by atoms with E-state index in [2.05, 4.69) is 74.9 Å². The number of aliphatic hydroxyl groups is 2. The maximum absolute atomic E-state index is 13.1. The van der Waals surface area contributed by atoms with E-state index in [9.17, 15) is 29.4 Å². The average Bonchev–Trinajstić information content (AvgIpc) is 3.04. The number of nitrogens with one attached hydrogen (secondary N) is 3. The normalized spacial score (nSPS) is 15.0. The molecular formula is C37H64N4O7S2. The van der Waals surface area contributed by atoms with Crippen molar-refractivity contribution >= 4 is 47.2 Å². The van der Waals surface area contributed by atoms with Crippen molar-refractivity contribution in [3.05, 3.63) is 46.6 Å². The number of allylic oxidation sites excluding steroid dienone is 7. The standard InChI is InChI=1S/C37H64N4O7S2/c1-25(2)13-10-14-26(3)15-11-16-27(4)17-12-18-28(5)19-20-49-23-32(36(47)48-9)41-34(45)30(22-43)39-35(46)31(24-50-37(6,7)8)40-33(44)29(38)21-42/h13,15,17,19,29-32,42-43H,10-12,14,16,18,20-24,38H2,1-9H3,(H,39,46)(H,40,44)(H,41,45)/b26-15+,27-17+,28-19+/t29-,30-,31-,32-/m0/s1. The topological polar surface area (TPSA) is 180 Å². The molecule has 0 fully saturated rings. The Morgan fingerprint density at radius 1 is 0.700 bits per heavy atom. The lowest BCUT2D eigenvalue weighted by atomic mass is 10.0. The first-order chi connectivity index (χ1) is 23.4. The third-order valence-corrected chi connectivity index (χ3v) is 9.79.